The first-order valence-corrected chi connectivity index (χ1v) is 7.36. The van der Waals surface area contributed by atoms with E-state index in [2.05, 4.69) is 0 Å². The number of nitrogens with two attached hydrogens (primary N) is 1. The fourth-order valence-electron chi connectivity index (χ4n) is 2.48. The maximum atomic E-state index is 12.0. The average Bonchev–Trinajstić information content (AvgIpc) is 2.35. The normalized spacial score (nSPS) is 24.2. The second-order valence-electron chi connectivity index (χ2n) is 6.11. The van der Waals surface area contributed by atoms with E-state index < -0.39 is 6.10 Å². The molecule has 4 N–H and O–H groups in total. The maximum absolute atomic E-state index is 12.0. The first-order chi connectivity index (χ1) is 9.87. The van der Waals surface area contributed by atoms with Crippen molar-refractivity contribution >= 4 is 5.78 Å². The molecule has 0 aromatic heterocycles. The molecule has 1 aliphatic rings. The van der Waals surface area contributed by atoms with Crippen LogP contribution in [0.1, 0.15) is 33.1 Å². The molecule has 0 radical (unpaired) electrons. The molecule has 0 aromatic carbocycles. The molecule has 0 heterocycles. The third kappa shape index (κ3) is 6.13. The van der Waals surface area contributed by atoms with Crippen LogP contribution in [0.4, 0.5) is 0 Å². The molecule has 0 bridgehead atoms. The van der Waals surface area contributed by atoms with Gasteiger partial charge in [-0.15, -0.1) is 0 Å². The number of carbonyl (C=O) groups excluding carboxylic acids is 1. The molecule has 1 saturated carbocycles. The summed E-state index contributed by atoms with van der Waals surface area (Å²) in [6.45, 7) is 5.98. The van der Waals surface area contributed by atoms with Gasteiger partial charge in [-0.2, -0.15) is 0 Å². The van der Waals surface area contributed by atoms with Crippen molar-refractivity contribution in [2.45, 2.75) is 39.2 Å². The van der Waals surface area contributed by atoms with E-state index in [1.807, 2.05) is 13.8 Å². The molecule has 1 unspecified atom stereocenters. The largest absolute Gasteiger partial charge is 0.512 e. The molecular weight excluding hydrogens is 274 g/mol. The summed E-state index contributed by atoms with van der Waals surface area (Å²) in [5.41, 5.74) is 5.20. The second kappa shape index (κ2) is 8.48. The molecule has 0 aromatic rings. The Kier molecular flexibility index (Phi) is 7.31. The molecule has 6 nitrogen and oxygen atoms in total. The predicted molar refractivity (Wildman–Crippen MR) is 79.0 cm³/mol. The highest BCUT2D eigenvalue weighted by Crippen LogP contribution is 2.37. The van der Waals surface area contributed by atoms with Gasteiger partial charge in [-0.3, -0.25) is 4.79 Å². The van der Waals surface area contributed by atoms with Crippen LogP contribution < -0.4 is 5.73 Å². The van der Waals surface area contributed by atoms with Gasteiger partial charge in [0.1, 0.15) is 5.76 Å². The number of ketones is 1. The number of aliphatic hydroxyl groups excluding tert-OH is 2. The second-order valence-corrected chi connectivity index (χ2v) is 6.11. The minimum Gasteiger partial charge on any atom is -0.512 e. The smallest absolute Gasteiger partial charge is 0.165 e. The van der Waals surface area contributed by atoms with Gasteiger partial charge in [-0.05, 0) is 11.8 Å². The van der Waals surface area contributed by atoms with Crippen molar-refractivity contribution in [2.24, 2.45) is 11.1 Å². The lowest BCUT2D eigenvalue weighted by molar-refractivity contribution is -0.121. The van der Waals surface area contributed by atoms with E-state index >= 15 is 0 Å². The lowest BCUT2D eigenvalue weighted by Gasteiger charge is -2.33. The third-order valence-electron chi connectivity index (χ3n) is 3.45. The van der Waals surface area contributed by atoms with Gasteiger partial charge < -0.3 is 25.4 Å². The number of hydrogen-bond donors (Lipinski definition) is 3. The van der Waals surface area contributed by atoms with Crippen LogP contribution in [0, 0.1) is 5.41 Å². The molecule has 0 spiro atoms. The first kappa shape index (κ1) is 18.1. The van der Waals surface area contributed by atoms with Gasteiger partial charge in [0.15, 0.2) is 5.78 Å². The van der Waals surface area contributed by atoms with Crippen LogP contribution in [0.3, 0.4) is 0 Å². The quantitative estimate of drug-likeness (QED) is 0.350. The van der Waals surface area contributed by atoms with E-state index in [4.69, 9.17) is 15.2 Å². The van der Waals surface area contributed by atoms with Gasteiger partial charge in [-0.25, -0.2) is 0 Å². The topological polar surface area (TPSA) is 102 Å². The molecule has 0 aliphatic heterocycles. The Bertz CT molecular complexity index is 378. The van der Waals surface area contributed by atoms with Crippen molar-refractivity contribution in [3.63, 3.8) is 0 Å². The summed E-state index contributed by atoms with van der Waals surface area (Å²) in [7, 11) is 0. The summed E-state index contributed by atoms with van der Waals surface area (Å²) < 4.78 is 10.4. The van der Waals surface area contributed by atoms with Crippen molar-refractivity contribution in [2.75, 3.05) is 33.0 Å². The highest BCUT2D eigenvalue weighted by Gasteiger charge is 2.37. The molecule has 0 amide bonds. The SMILES string of the molecule is CC1(C)CC(=O)/C(=C(/O)CCOCCOCCN)C(O)C1. The Balaban J connectivity index is 2.38. The Morgan fingerprint density at radius 3 is 2.48 bits per heavy atom. The summed E-state index contributed by atoms with van der Waals surface area (Å²) in [5, 5.41) is 20.0. The molecule has 1 aliphatic carbocycles. The standard InChI is InChI=1S/C15H27NO5/c1-15(2)9-12(18)14(13(19)10-15)11(17)3-5-20-7-8-21-6-4-16/h12,17-18H,3-10,16H2,1-2H3/b14-11+. The lowest BCUT2D eigenvalue weighted by Crippen LogP contribution is -2.35. The Morgan fingerprint density at radius 1 is 1.29 bits per heavy atom. The van der Waals surface area contributed by atoms with Gasteiger partial charge in [0.2, 0.25) is 0 Å². The molecule has 6 heteroatoms. The molecule has 1 atom stereocenters. The predicted octanol–water partition coefficient (Wildman–Crippen LogP) is 0.931. The van der Waals surface area contributed by atoms with Gasteiger partial charge in [0, 0.05) is 19.4 Å². The van der Waals surface area contributed by atoms with Crippen LogP contribution in [0.5, 0.6) is 0 Å². The van der Waals surface area contributed by atoms with Crippen molar-refractivity contribution in [1.82, 2.24) is 0 Å². The van der Waals surface area contributed by atoms with E-state index in [1.54, 1.807) is 0 Å². The summed E-state index contributed by atoms with van der Waals surface area (Å²) in [6.07, 6.45) is 0.146. The molecule has 21 heavy (non-hydrogen) atoms. The average molecular weight is 301 g/mol. The Morgan fingerprint density at radius 2 is 1.90 bits per heavy atom. The van der Waals surface area contributed by atoms with Crippen LogP contribution in [0.2, 0.25) is 0 Å². The van der Waals surface area contributed by atoms with E-state index in [1.165, 1.54) is 0 Å². The molecule has 122 valence electrons. The summed E-state index contributed by atoms with van der Waals surface area (Å²) in [4.78, 5) is 12.0. The number of rotatable bonds is 8. The Labute approximate surface area is 125 Å². The van der Waals surface area contributed by atoms with Crippen LogP contribution in [0.25, 0.3) is 0 Å². The third-order valence-corrected chi connectivity index (χ3v) is 3.45. The van der Waals surface area contributed by atoms with Gasteiger partial charge in [0.25, 0.3) is 0 Å². The van der Waals surface area contributed by atoms with Crippen LogP contribution in [0.15, 0.2) is 11.3 Å². The summed E-state index contributed by atoms with van der Waals surface area (Å²) >= 11 is 0. The van der Waals surface area contributed by atoms with Crippen molar-refractivity contribution in [3.05, 3.63) is 11.3 Å². The fourth-order valence-corrected chi connectivity index (χ4v) is 2.48. The van der Waals surface area contributed by atoms with Gasteiger partial charge in [0.05, 0.1) is 38.1 Å². The molecule has 0 saturated heterocycles. The number of carbonyl (C=O) groups is 1. The minimum atomic E-state index is -0.894. The molecule has 1 rings (SSSR count). The maximum Gasteiger partial charge on any atom is 0.165 e. The van der Waals surface area contributed by atoms with E-state index in [9.17, 15) is 15.0 Å². The number of Topliss-reactive ketones (excluding diaryl/α,β-unsaturated/α-hetero) is 1. The van der Waals surface area contributed by atoms with Crippen molar-refractivity contribution < 1.29 is 24.5 Å². The van der Waals surface area contributed by atoms with E-state index in [0.29, 0.717) is 39.2 Å². The van der Waals surface area contributed by atoms with E-state index in [-0.39, 0.29) is 35.6 Å². The Hall–Kier alpha value is -0.950. The molecule has 1 fully saturated rings. The number of hydrogen-bond acceptors (Lipinski definition) is 6. The van der Waals surface area contributed by atoms with Crippen molar-refractivity contribution in [1.29, 1.82) is 0 Å². The number of ether oxygens (including phenoxy) is 2. The first-order valence-electron chi connectivity index (χ1n) is 7.36. The van der Waals surface area contributed by atoms with Crippen LogP contribution in [-0.4, -0.2) is 55.1 Å². The van der Waals surface area contributed by atoms with Gasteiger partial charge >= 0.3 is 0 Å². The van der Waals surface area contributed by atoms with Gasteiger partial charge in [-0.1, -0.05) is 13.8 Å². The fraction of sp³-hybridized carbons (Fsp3) is 0.800. The monoisotopic (exact) mass is 301 g/mol. The van der Waals surface area contributed by atoms with Crippen LogP contribution >= 0.6 is 0 Å². The molecular formula is C15H27NO5. The lowest BCUT2D eigenvalue weighted by atomic mass is 9.73. The minimum absolute atomic E-state index is 0.0640. The van der Waals surface area contributed by atoms with Crippen LogP contribution in [-0.2, 0) is 14.3 Å². The highest BCUT2D eigenvalue weighted by atomic mass is 16.5. The summed E-state index contributed by atoms with van der Waals surface area (Å²) in [6, 6.07) is 0. The zero-order chi connectivity index (χ0) is 15.9. The zero-order valence-corrected chi connectivity index (χ0v) is 12.9. The highest BCUT2D eigenvalue weighted by molar-refractivity contribution is 5.98. The van der Waals surface area contributed by atoms with E-state index in [0.717, 1.165) is 0 Å². The summed E-state index contributed by atoms with van der Waals surface area (Å²) in [5.74, 6) is -0.242. The zero-order valence-electron chi connectivity index (χ0n) is 12.9. The number of aliphatic hydroxyl groups is 2. The van der Waals surface area contributed by atoms with Crippen molar-refractivity contribution in [3.8, 4) is 0 Å².